The number of esters is 2. The number of carbonyl (C=O) groups is 3. The molecule has 148 valence electrons. The van der Waals surface area contributed by atoms with E-state index >= 15 is 0 Å². The summed E-state index contributed by atoms with van der Waals surface area (Å²) >= 11 is 1.19. The maximum Gasteiger partial charge on any atom is 0.341 e. The van der Waals surface area contributed by atoms with Crippen LogP contribution in [0, 0.1) is 10.1 Å². The normalized spacial score (nSPS) is 10.2. The van der Waals surface area contributed by atoms with E-state index in [2.05, 4.69) is 5.32 Å². The molecule has 0 aliphatic heterocycles. The number of nitro groups is 1. The van der Waals surface area contributed by atoms with Crippen molar-refractivity contribution in [2.24, 2.45) is 0 Å². The fourth-order valence-electron chi connectivity index (χ4n) is 2.29. The van der Waals surface area contributed by atoms with Crippen LogP contribution in [0.5, 0.6) is 5.75 Å². The van der Waals surface area contributed by atoms with E-state index in [1.807, 2.05) is 6.92 Å². The second-order valence-corrected chi connectivity index (χ2v) is 6.65. The first-order valence-electron chi connectivity index (χ1n) is 8.34. The predicted molar refractivity (Wildman–Crippen MR) is 102 cm³/mol. The van der Waals surface area contributed by atoms with Gasteiger partial charge in [-0.05, 0) is 25.5 Å². The van der Waals surface area contributed by atoms with Gasteiger partial charge in [0.2, 0.25) is 0 Å². The first-order chi connectivity index (χ1) is 13.3. The molecule has 1 heterocycles. The van der Waals surface area contributed by atoms with Gasteiger partial charge in [-0.3, -0.25) is 19.7 Å². The number of nitro benzene ring substituents is 1. The molecule has 1 aromatic carbocycles. The average Bonchev–Trinajstić information content (AvgIpc) is 3.04. The van der Waals surface area contributed by atoms with Gasteiger partial charge in [0.25, 0.3) is 11.6 Å². The van der Waals surface area contributed by atoms with Crippen LogP contribution in [-0.2, 0) is 16.0 Å². The fraction of sp³-hybridized carbons (Fsp3) is 0.278. The number of amides is 1. The average molecular weight is 406 g/mol. The minimum Gasteiger partial charge on any atom is -0.462 e. The van der Waals surface area contributed by atoms with Gasteiger partial charge in [0.05, 0.1) is 22.7 Å². The van der Waals surface area contributed by atoms with E-state index in [9.17, 15) is 24.5 Å². The van der Waals surface area contributed by atoms with Crippen molar-refractivity contribution in [3.05, 3.63) is 50.4 Å². The van der Waals surface area contributed by atoms with E-state index in [0.717, 1.165) is 23.9 Å². The van der Waals surface area contributed by atoms with Crippen molar-refractivity contribution in [2.75, 3.05) is 11.9 Å². The third-order valence-electron chi connectivity index (χ3n) is 3.53. The summed E-state index contributed by atoms with van der Waals surface area (Å²) in [4.78, 5) is 47.4. The zero-order valence-corrected chi connectivity index (χ0v) is 16.3. The van der Waals surface area contributed by atoms with Gasteiger partial charge in [0.1, 0.15) is 10.8 Å². The molecular formula is C18H18N2O7S. The van der Waals surface area contributed by atoms with Crippen molar-refractivity contribution < 1.29 is 28.8 Å². The van der Waals surface area contributed by atoms with Crippen LogP contribution in [0.15, 0.2) is 24.3 Å². The van der Waals surface area contributed by atoms with Crippen molar-refractivity contribution in [2.45, 2.75) is 27.2 Å². The lowest BCUT2D eigenvalue weighted by atomic mass is 10.1. The van der Waals surface area contributed by atoms with Crippen LogP contribution < -0.4 is 10.1 Å². The van der Waals surface area contributed by atoms with E-state index in [4.69, 9.17) is 9.47 Å². The van der Waals surface area contributed by atoms with Crippen molar-refractivity contribution in [3.63, 3.8) is 0 Å². The zero-order valence-electron chi connectivity index (χ0n) is 15.4. The number of anilines is 1. The molecule has 1 N–H and O–H groups in total. The Morgan fingerprint density at radius 1 is 1.18 bits per heavy atom. The summed E-state index contributed by atoms with van der Waals surface area (Å²) in [6.07, 6.45) is 0.641. The van der Waals surface area contributed by atoms with Gasteiger partial charge in [-0.1, -0.05) is 6.92 Å². The van der Waals surface area contributed by atoms with Gasteiger partial charge in [-0.2, -0.15) is 0 Å². The monoisotopic (exact) mass is 406 g/mol. The van der Waals surface area contributed by atoms with Crippen LogP contribution in [0.2, 0.25) is 0 Å². The quantitative estimate of drug-likeness (QED) is 0.322. The molecule has 2 aromatic rings. The van der Waals surface area contributed by atoms with Gasteiger partial charge in [-0.15, -0.1) is 11.3 Å². The Labute approximate surface area is 164 Å². The molecule has 0 aliphatic rings. The SMILES string of the molecule is CCOC(=O)c1cc(CC)sc1NC(=O)c1cc([N+](=O)[O-])ccc1OC(C)=O. The van der Waals surface area contributed by atoms with Gasteiger partial charge in [0.15, 0.2) is 0 Å². The van der Waals surface area contributed by atoms with E-state index in [1.54, 1.807) is 13.0 Å². The lowest BCUT2D eigenvalue weighted by molar-refractivity contribution is -0.384. The highest BCUT2D eigenvalue weighted by molar-refractivity contribution is 7.16. The molecule has 0 saturated heterocycles. The number of non-ortho nitro benzene ring substituents is 1. The lowest BCUT2D eigenvalue weighted by Crippen LogP contribution is -2.16. The topological polar surface area (TPSA) is 125 Å². The molecule has 0 radical (unpaired) electrons. The number of aryl methyl sites for hydroxylation is 1. The second-order valence-electron chi connectivity index (χ2n) is 5.51. The van der Waals surface area contributed by atoms with Crippen LogP contribution >= 0.6 is 11.3 Å². The van der Waals surface area contributed by atoms with Crippen molar-refractivity contribution in [1.29, 1.82) is 0 Å². The van der Waals surface area contributed by atoms with Crippen LogP contribution in [0.3, 0.4) is 0 Å². The molecule has 0 atom stereocenters. The maximum atomic E-state index is 12.8. The predicted octanol–water partition coefficient (Wildman–Crippen LogP) is 3.57. The fourth-order valence-corrected chi connectivity index (χ4v) is 3.27. The number of benzene rings is 1. The van der Waals surface area contributed by atoms with Crippen LogP contribution in [0.1, 0.15) is 46.4 Å². The van der Waals surface area contributed by atoms with Gasteiger partial charge < -0.3 is 14.8 Å². The molecule has 0 saturated carbocycles. The highest BCUT2D eigenvalue weighted by atomic mass is 32.1. The van der Waals surface area contributed by atoms with Crippen LogP contribution in [-0.4, -0.2) is 29.4 Å². The summed E-state index contributed by atoms with van der Waals surface area (Å²) in [6.45, 7) is 4.88. The number of carbonyl (C=O) groups excluding carboxylic acids is 3. The van der Waals surface area contributed by atoms with Gasteiger partial charge in [0, 0.05) is 23.9 Å². The number of hydrogen-bond donors (Lipinski definition) is 1. The number of nitrogens with zero attached hydrogens (tertiary/aromatic N) is 1. The minimum absolute atomic E-state index is 0.124. The Morgan fingerprint density at radius 2 is 1.89 bits per heavy atom. The molecule has 10 heteroatoms. The van der Waals surface area contributed by atoms with Gasteiger partial charge in [-0.25, -0.2) is 4.79 Å². The zero-order chi connectivity index (χ0) is 20.8. The number of ether oxygens (including phenoxy) is 2. The number of rotatable bonds is 7. The first-order valence-corrected chi connectivity index (χ1v) is 9.16. The third kappa shape index (κ3) is 4.92. The Balaban J connectivity index is 2.42. The summed E-state index contributed by atoms with van der Waals surface area (Å²) < 4.78 is 9.97. The molecule has 0 fully saturated rings. The summed E-state index contributed by atoms with van der Waals surface area (Å²) in [7, 11) is 0. The molecule has 1 aromatic heterocycles. The molecule has 28 heavy (non-hydrogen) atoms. The molecule has 1 amide bonds. The highest BCUT2D eigenvalue weighted by Gasteiger charge is 2.23. The number of hydrogen-bond acceptors (Lipinski definition) is 8. The lowest BCUT2D eigenvalue weighted by Gasteiger charge is -2.10. The van der Waals surface area contributed by atoms with Gasteiger partial charge >= 0.3 is 11.9 Å². The minimum atomic E-state index is -0.755. The summed E-state index contributed by atoms with van der Waals surface area (Å²) in [6, 6.07) is 4.93. The Hall–Kier alpha value is -3.27. The molecule has 0 aliphatic carbocycles. The van der Waals surface area contributed by atoms with Crippen molar-refractivity contribution >= 4 is 39.9 Å². The molecule has 0 bridgehead atoms. The number of nitrogens with one attached hydrogen (secondary N) is 1. The van der Waals surface area contributed by atoms with Crippen molar-refractivity contribution in [1.82, 2.24) is 0 Å². The van der Waals surface area contributed by atoms with Crippen molar-refractivity contribution in [3.8, 4) is 5.75 Å². The standard InChI is InChI=1S/C18H18N2O7S/c1-4-12-9-14(18(23)26-5-2)17(28-12)19-16(22)13-8-11(20(24)25)6-7-15(13)27-10(3)21/h6-9H,4-5H2,1-3H3,(H,19,22). The third-order valence-corrected chi connectivity index (χ3v) is 4.72. The summed E-state index contributed by atoms with van der Waals surface area (Å²) in [5, 5.41) is 13.8. The van der Waals surface area contributed by atoms with E-state index < -0.39 is 22.8 Å². The second kappa shape index (κ2) is 9.09. The Kier molecular flexibility index (Phi) is 6.83. The van der Waals surface area contributed by atoms with E-state index in [-0.39, 0.29) is 34.2 Å². The maximum absolute atomic E-state index is 12.8. The molecule has 0 unspecified atom stereocenters. The summed E-state index contributed by atoms with van der Waals surface area (Å²) in [5.74, 6) is -2.15. The molecule has 0 spiro atoms. The molecule has 9 nitrogen and oxygen atoms in total. The Morgan fingerprint density at radius 3 is 2.46 bits per heavy atom. The molecular weight excluding hydrogens is 388 g/mol. The molecule has 2 rings (SSSR count). The van der Waals surface area contributed by atoms with Crippen LogP contribution in [0.25, 0.3) is 0 Å². The number of thiophene rings is 1. The van der Waals surface area contributed by atoms with E-state index in [1.165, 1.54) is 17.4 Å². The first kappa shape index (κ1) is 21.0. The largest absolute Gasteiger partial charge is 0.462 e. The highest BCUT2D eigenvalue weighted by Crippen LogP contribution is 2.31. The Bertz CT molecular complexity index is 936. The summed E-state index contributed by atoms with van der Waals surface area (Å²) in [5.41, 5.74) is -0.353. The smallest absolute Gasteiger partial charge is 0.341 e. The van der Waals surface area contributed by atoms with E-state index in [0.29, 0.717) is 6.42 Å². The van der Waals surface area contributed by atoms with Crippen LogP contribution in [0.4, 0.5) is 10.7 Å².